The number of hydrogen-bond donors (Lipinski definition) is 1. The molecule has 1 N–H and O–H groups in total. The second kappa shape index (κ2) is 6.10. The van der Waals surface area contributed by atoms with Gasteiger partial charge in [-0.05, 0) is 26.3 Å². The van der Waals surface area contributed by atoms with Gasteiger partial charge in [-0.15, -0.1) is 0 Å². The second-order valence-corrected chi connectivity index (χ2v) is 7.75. The van der Waals surface area contributed by atoms with Crippen LogP contribution < -0.4 is 0 Å². The van der Waals surface area contributed by atoms with Crippen molar-refractivity contribution in [3.05, 3.63) is 29.2 Å². The van der Waals surface area contributed by atoms with Crippen molar-refractivity contribution in [1.29, 1.82) is 0 Å². The van der Waals surface area contributed by atoms with Gasteiger partial charge in [-0.2, -0.15) is 5.10 Å². The second-order valence-electron chi connectivity index (χ2n) is 7.75. The molecule has 0 bridgehead atoms. The van der Waals surface area contributed by atoms with Crippen molar-refractivity contribution in [2.45, 2.75) is 46.3 Å². The van der Waals surface area contributed by atoms with E-state index in [1.807, 2.05) is 30.6 Å². The fraction of sp³-hybridized carbons (Fsp3) is 0.667. The zero-order valence-electron chi connectivity index (χ0n) is 15.3. The quantitative estimate of drug-likeness (QED) is 0.927. The molecule has 3 heterocycles. The molecule has 0 spiro atoms. The summed E-state index contributed by atoms with van der Waals surface area (Å²) in [6, 6.07) is 2.04. The summed E-state index contributed by atoms with van der Waals surface area (Å²) in [6.45, 7) is 11.1. The molecule has 132 valence electrons. The number of piperidine rings is 1. The summed E-state index contributed by atoms with van der Waals surface area (Å²) in [5, 5.41) is 15.4. The van der Waals surface area contributed by atoms with E-state index in [1.165, 1.54) is 0 Å². The zero-order chi connectivity index (χ0) is 17.5. The van der Waals surface area contributed by atoms with Crippen LogP contribution in [0.5, 0.6) is 0 Å². The maximum absolute atomic E-state index is 10.9. The van der Waals surface area contributed by atoms with E-state index in [-0.39, 0.29) is 5.41 Å². The molecule has 0 saturated carbocycles. The lowest BCUT2D eigenvalue weighted by Gasteiger charge is -2.50. The molecular formula is C18H28N4O2. The maximum atomic E-state index is 10.9. The Morgan fingerprint density at radius 3 is 2.75 bits per heavy atom. The Bertz CT molecular complexity index is 740. The number of aryl methyl sites for hydroxylation is 2. The number of likely N-dealkylation sites (tertiary alicyclic amines) is 1. The van der Waals surface area contributed by atoms with Crippen LogP contribution in [0.1, 0.15) is 37.2 Å². The molecule has 6 heteroatoms. The summed E-state index contributed by atoms with van der Waals surface area (Å²) in [5.41, 5.74) is 3.17. The molecular weight excluding hydrogens is 304 g/mol. The highest BCUT2D eigenvalue weighted by atomic mass is 16.5. The van der Waals surface area contributed by atoms with Gasteiger partial charge in [0.05, 0.1) is 18.4 Å². The third-order valence-electron chi connectivity index (χ3n) is 5.35. The summed E-state index contributed by atoms with van der Waals surface area (Å²) in [7, 11) is 1.65. The molecule has 0 aromatic carbocycles. The molecule has 2 aromatic rings. The van der Waals surface area contributed by atoms with Gasteiger partial charge < -0.3 is 9.84 Å². The number of aromatic nitrogens is 3. The van der Waals surface area contributed by atoms with Gasteiger partial charge in [0.2, 0.25) is 0 Å². The summed E-state index contributed by atoms with van der Waals surface area (Å²) in [6.07, 6.45) is 2.62. The van der Waals surface area contributed by atoms with Crippen LogP contribution in [0.3, 0.4) is 0 Å². The van der Waals surface area contributed by atoms with E-state index < -0.39 is 5.60 Å². The van der Waals surface area contributed by atoms with Gasteiger partial charge in [0.15, 0.2) is 5.65 Å². The lowest BCUT2D eigenvalue weighted by atomic mass is 9.70. The van der Waals surface area contributed by atoms with E-state index in [0.717, 1.165) is 42.2 Å². The normalized spacial score (nSPS) is 24.6. The van der Waals surface area contributed by atoms with E-state index in [2.05, 4.69) is 28.8 Å². The van der Waals surface area contributed by atoms with Crippen molar-refractivity contribution < 1.29 is 9.84 Å². The molecule has 24 heavy (non-hydrogen) atoms. The SMILES string of the molecule is COCC1(O)CCN(Cc2cnn3c(C)cc(C)nc23)CC1(C)C. The number of methoxy groups -OCH3 is 1. The summed E-state index contributed by atoms with van der Waals surface area (Å²) < 4.78 is 7.15. The molecule has 0 amide bonds. The van der Waals surface area contributed by atoms with Crippen molar-refractivity contribution in [2.75, 3.05) is 26.8 Å². The molecule has 0 aliphatic carbocycles. The minimum Gasteiger partial charge on any atom is -0.387 e. The van der Waals surface area contributed by atoms with Crippen LogP contribution in [0.25, 0.3) is 5.65 Å². The van der Waals surface area contributed by atoms with Crippen LogP contribution in [0.4, 0.5) is 0 Å². The molecule has 1 atom stereocenters. The number of fused-ring (bicyclic) bond motifs is 1. The van der Waals surface area contributed by atoms with Crippen LogP contribution in [-0.4, -0.2) is 57.0 Å². The molecule has 2 aromatic heterocycles. The van der Waals surface area contributed by atoms with E-state index in [0.29, 0.717) is 13.0 Å². The molecule has 0 radical (unpaired) electrons. The smallest absolute Gasteiger partial charge is 0.159 e. The Balaban J connectivity index is 1.81. The monoisotopic (exact) mass is 332 g/mol. The van der Waals surface area contributed by atoms with E-state index >= 15 is 0 Å². The predicted molar refractivity (Wildman–Crippen MR) is 93.0 cm³/mol. The van der Waals surface area contributed by atoms with Crippen molar-refractivity contribution in [3.8, 4) is 0 Å². The predicted octanol–water partition coefficient (Wildman–Crippen LogP) is 1.96. The average molecular weight is 332 g/mol. The Labute approximate surface area is 143 Å². The molecule has 1 aliphatic heterocycles. The third kappa shape index (κ3) is 2.94. The number of aliphatic hydroxyl groups is 1. The first-order valence-corrected chi connectivity index (χ1v) is 8.50. The summed E-state index contributed by atoms with van der Waals surface area (Å²) in [5.74, 6) is 0. The molecule has 3 rings (SSSR count). The number of ether oxygens (including phenoxy) is 1. The number of rotatable bonds is 4. The van der Waals surface area contributed by atoms with Crippen LogP contribution in [0, 0.1) is 19.3 Å². The molecule has 1 unspecified atom stereocenters. The summed E-state index contributed by atoms with van der Waals surface area (Å²) >= 11 is 0. The topological polar surface area (TPSA) is 62.9 Å². The first kappa shape index (κ1) is 17.3. The van der Waals surface area contributed by atoms with E-state index in [1.54, 1.807) is 7.11 Å². The van der Waals surface area contributed by atoms with Crippen LogP contribution in [0.2, 0.25) is 0 Å². The van der Waals surface area contributed by atoms with E-state index in [9.17, 15) is 5.11 Å². The van der Waals surface area contributed by atoms with Crippen molar-refractivity contribution in [2.24, 2.45) is 5.41 Å². The highest BCUT2D eigenvalue weighted by molar-refractivity contribution is 5.47. The lowest BCUT2D eigenvalue weighted by molar-refractivity contribution is -0.151. The van der Waals surface area contributed by atoms with Gasteiger partial charge in [0.1, 0.15) is 0 Å². The Morgan fingerprint density at radius 2 is 2.08 bits per heavy atom. The number of nitrogens with zero attached hydrogens (tertiary/aromatic N) is 4. The van der Waals surface area contributed by atoms with Gasteiger partial charge in [-0.3, -0.25) is 4.90 Å². The van der Waals surface area contributed by atoms with Gasteiger partial charge in [0, 0.05) is 49.1 Å². The van der Waals surface area contributed by atoms with E-state index in [4.69, 9.17) is 4.74 Å². The van der Waals surface area contributed by atoms with Crippen molar-refractivity contribution >= 4 is 5.65 Å². The number of hydrogen-bond acceptors (Lipinski definition) is 5. The Morgan fingerprint density at radius 1 is 1.33 bits per heavy atom. The average Bonchev–Trinajstić information content (AvgIpc) is 2.87. The fourth-order valence-corrected chi connectivity index (χ4v) is 3.78. The van der Waals surface area contributed by atoms with Gasteiger partial charge in [-0.1, -0.05) is 13.8 Å². The van der Waals surface area contributed by atoms with Crippen LogP contribution in [0.15, 0.2) is 12.3 Å². The largest absolute Gasteiger partial charge is 0.387 e. The molecule has 1 saturated heterocycles. The van der Waals surface area contributed by atoms with Gasteiger partial charge in [-0.25, -0.2) is 9.50 Å². The van der Waals surface area contributed by atoms with Gasteiger partial charge >= 0.3 is 0 Å². The molecule has 1 fully saturated rings. The molecule has 6 nitrogen and oxygen atoms in total. The zero-order valence-corrected chi connectivity index (χ0v) is 15.3. The Kier molecular flexibility index (Phi) is 4.40. The minimum atomic E-state index is -0.773. The van der Waals surface area contributed by atoms with Crippen molar-refractivity contribution in [1.82, 2.24) is 19.5 Å². The first-order valence-electron chi connectivity index (χ1n) is 8.50. The summed E-state index contributed by atoms with van der Waals surface area (Å²) in [4.78, 5) is 7.04. The van der Waals surface area contributed by atoms with Crippen LogP contribution in [-0.2, 0) is 11.3 Å². The minimum absolute atomic E-state index is 0.233. The van der Waals surface area contributed by atoms with Crippen LogP contribution >= 0.6 is 0 Å². The lowest BCUT2D eigenvalue weighted by Crippen LogP contribution is -2.59. The standard InChI is InChI=1S/C18H28N4O2/c1-13-8-14(2)22-16(20-13)15(9-19-22)10-21-7-6-18(23,12-24-5)17(3,4)11-21/h8-9,23H,6-7,10-12H2,1-5H3. The third-order valence-corrected chi connectivity index (χ3v) is 5.35. The molecule has 1 aliphatic rings. The highest BCUT2D eigenvalue weighted by Crippen LogP contribution is 2.39. The fourth-order valence-electron chi connectivity index (χ4n) is 3.78. The Hall–Kier alpha value is -1.50. The van der Waals surface area contributed by atoms with Crippen molar-refractivity contribution in [3.63, 3.8) is 0 Å². The maximum Gasteiger partial charge on any atom is 0.159 e. The van der Waals surface area contributed by atoms with Gasteiger partial charge in [0.25, 0.3) is 0 Å². The first-order chi connectivity index (χ1) is 11.3. The highest BCUT2D eigenvalue weighted by Gasteiger charge is 2.47.